The van der Waals surface area contributed by atoms with Gasteiger partial charge in [-0.05, 0) is 97.8 Å². The maximum Gasteiger partial charge on any atom is 0.308 e. The zero-order valence-electron chi connectivity index (χ0n) is 37.7. The smallest absolute Gasteiger partial charge is 0.308 e. The maximum absolute atomic E-state index is 13.9. The number of aliphatic hydroxyl groups excluding tert-OH is 3. The summed E-state index contributed by atoms with van der Waals surface area (Å²) >= 11 is 0. The van der Waals surface area contributed by atoms with Crippen LogP contribution in [0.4, 0.5) is 0 Å². The third-order valence-corrected chi connectivity index (χ3v) is 15.7. The molecule has 0 aliphatic carbocycles. The Kier molecular flexibility index (Phi) is 12.9. The van der Waals surface area contributed by atoms with Crippen LogP contribution in [0.2, 0.25) is 0 Å². The van der Waals surface area contributed by atoms with E-state index in [1.54, 1.807) is 19.9 Å². The summed E-state index contributed by atoms with van der Waals surface area (Å²) in [5.41, 5.74) is -1.22. The van der Waals surface area contributed by atoms with E-state index in [4.69, 9.17) is 37.9 Å². The Balaban J connectivity index is 0.863. The Hall–Kier alpha value is -1.86. The fraction of sp³-hybridized carbons (Fsp3) is 0.872. The van der Waals surface area contributed by atoms with Gasteiger partial charge in [0.15, 0.2) is 17.4 Å². The lowest BCUT2D eigenvalue weighted by atomic mass is 9.87. The molecule has 8 aliphatic heterocycles. The second-order valence-electron chi connectivity index (χ2n) is 21.2. The van der Waals surface area contributed by atoms with Gasteiger partial charge in [-0.25, -0.2) is 0 Å². The van der Waals surface area contributed by atoms with Crippen molar-refractivity contribution in [2.24, 2.45) is 17.8 Å². The lowest BCUT2D eigenvalue weighted by Crippen LogP contribution is -2.59. The second kappa shape index (κ2) is 17.1. The molecule has 0 aromatic carbocycles. The van der Waals surface area contributed by atoms with E-state index in [2.05, 4.69) is 26.8 Å². The van der Waals surface area contributed by atoms with Gasteiger partial charge < -0.3 is 63.4 Å². The Morgan fingerprint density at radius 3 is 2.44 bits per heavy atom. The van der Waals surface area contributed by atoms with E-state index >= 15 is 0 Å². The molecular weight excluding hydrogens is 805 g/mol. The molecule has 19 atom stereocenters. The normalized spacial score (nSPS) is 50.2. The minimum absolute atomic E-state index is 0.00421. The molecule has 0 aromatic rings. The second-order valence-corrected chi connectivity index (χ2v) is 21.2. The van der Waals surface area contributed by atoms with Gasteiger partial charge in [0.05, 0.1) is 48.1 Å². The van der Waals surface area contributed by atoms with Gasteiger partial charge in [-0.1, -0.05) is 37.6 Å². The van der Waals surface area contributed by atoms with Crippen LogP contribution in [0.25, 0.3) is 0 Å². The van der Waals surface area contributed by atoms with Crippen molar-refractivity contribution < 1.29 is 73.0 Å². The molecule has 8 heterocycles. The molecule has 15 heteroatoms. The molecule has 8 rings (SSSR count). The lowest BCUT2D eigenvalue weighted by Gasteiger charge is -2.47. The standard InChI is InChI=1S/C47H72O15/c1-26(10-11-33-30(48)22-37(56-33)47(54)39(50)28(3)14-20-55-47)21-27(2)23-42(5)16-13-36(60-42)46-19-18-43(6,62-46)25-35(59-46)38-31(49)24-44(7,61-38)40(51)34-12-17-45(58-34)15-8-9-32(57-45)29(4)41(52)53/h10-11,21,27-30,32-40,48,50-51,54H,8-9,12-20,22-25H2,1-7H3,(H,52,53)/b11-10-,26-21-/t27-,28+,29+,30+,32-,33+,34-,35+,36+,37-,38-,39+,40-,42+,43-,44+,45-,46-,47+/m1/s1. The zero-order chi connectivity index (χ0) is 44.6. The van der Waals surface area contributed by atoms with Crippen molar-refractivity contribution in [2.45, 2.75) is 234 Å². The summed E-state index contributed by atoms with van der Waals surface area (Å²) in [4.78, 5) is 25.5. The van der Waals surface area contributed by atoms with Crippen LogP contribution in [-0.2, 0) is 47.5 Å². The van der Waals surface area contributed by atoms with E-state index in [1.807, 2.05) is 19.9 Å². The van der Waals surface area contributed by atoms with Gasteiger partial charge in [0.25, 0.3) is 0 Å². The molecule has 8 aliphatic rings. The maximum atomic E-state index is 13.9. The average Bonchev–Trinajstić information content (AvgIpc) is 4.02. The Bertz CT molecular complexity index is 1740. The van der Waals surface area contributed by atoms with Crippen LogP contribution in [0.5, 0.6) is 0 Å². The molecule has 5 N–H and O–H groups in total. The van der Waals surface area contributed by atoms with E-state index in [9.17, 15) is 35.1 Å². The number of ether oxygens (including phenoxy) is 8. The fourth-order valence-corrected chi connectivity index (χ4v) is 12.1. The molecule has 2 bridgehead atoms. The van der Waals surface area contributed by atoms with E-state index < -0.39 is 101 Å². The fourth-order valence-electron chi connectivity index (χ4n) is 12.1. The molecule has 0 saturated carbocycles. The molecule has 350 valence electrons. The minimum atomic E-state index is -1.86. The molecule has 62 heavy (non-hydrogen) atoms. The first-order chi connectivity index (χ1) is 29.1. The number of aliphatic hydroxyl groups is 4. The van der Waals surface area contributed by atoms with Gasteiger partial charge in [0, 0.05) is 38.5 Å². The SMILES string of the molecule is CC(/C=C\[C@@H]1O[C@@H]([C@]2(O)OCC[C@H](C)[C@@H]2O)C[C@@H]1O)=C/[C@@H](C)C[C@]1(C)CC[C@@H]([C@]23CC[C@](C)(C[C@@H]([C@@H]4O[C@](C)([C@H](O)[C@H]5CC[C@@]6(CCC[C@H]([C@H](C)C(=O)O)O6)O5)CC4=O)O2)O3)O1. The van der Waals surface area contributed by atoms with Gasteiger partial charge in [-0.2, -0.15) is 0 Å². The van der Waals surface area contributed by atoms with Crippen molar-refractivity contribution >= 4 is 11.8 Å². The van der Waals surface area contributed by atoms with E-state index in [1.165, 1.54) is 0 Å². The highest BCUT2D eigenvalue weighted by molar-refractivity contribution is 5.86. The number of carbonyl (C=O) groups excluding carboxylic acids is 1. The van der Waals surface area contributed by atoms with Crippen LogP contribution < -0.4 is 0 Å². The van der Waals surface area contributed by atoms with Gasteiger partial charge >= 0.3 is 5.97 Å². The number of carboxylic acid groups (broad SMARTS) is 1. The summed E-state index contributed by atoms with van der Waals surface area (Å²) in [5, 5.41) is 54.0. The number of ketones is 1. The highest BCUT2D eigenvalue weighted by Crippen LogP contribution is 2.55. The van der Waals surface area contributed by atoms with Crippen LogP contribution in [0.1, 0.15) is 138 Å². The Morgan fingerprint density at radius 1 is 0.919 bits per heavy atom. The molecule has 15 nitrogen and oxygen atoms in total. The van der Waals surface area contributed by atoms with E-state index in [0.717, 1.165) is 37.7 Å². The van der Waals surface area contributed by atoms with Crippen LogP contribution in [0.3, 0.4) is 0 Å². The minimum Gasteiger partial charge on any atom is -0.481 e. The summed E-state index contributed by atoms with van der Waals surface area (Å²) < 4.78 is 51.4. The van der Waals surface area contributed by atoms with E-state index in [-0.39, 0.29) is 36.6 Å². The Labute approximate surface area is 365 Å². The molecule has 0 amide bonds. The van der Waals surface area contributed by atoms with Crippen LogP contribution in [0.15, 0.2) is 23.8 Å². The van der Waals surface area contributed by atoms with Gasteiger partial charge in [0.1, 0.15) is 42.2 Å². The molecule has 8 fully saturated rings. The quantitative estimate of drug-likeness (QED) is 0.167. The van der Waals surface area contributed by atoms with Gasteiger partial charge in [-0.15, -0.1) is 0 Å². The number of rotatable bonds is 12. The zero-order valence-corrected chi connectivity index (χ0v) is 37.7. The molecule has 0 aromatic heterocycles. The van der Waals surface area contributed by atoms with Crippen LogP contribution in [0, 0.1) is 17.8 Å². The van der Waals surface area contributed by atoms with Crippen molar-refractivity contribution in [1.82, 2.24) is 0 Å². The first-order valence-corrected chi connectivity index (χ1v) is 23.4. The average molecular weight is 877 g/mol. The number of aliphatic carboxylic acids is 1. The van der Waals surface area contributed by atoms with Gasteiger partial charge in [-0.3, -0.25) is 9.59 Å². The van der Waals surface area contributed by atoms with Crippen LogP contribution in [-0.4, -0.2) is 139 Å². The van der Waals surface area contributed by atoms with Crippen molar-refractivity contribution in [1.29, 1.82) is 0 Å². The van der Waals surface area contributed by atoms with E-state index in [0.29, 0.717) is 51.6 Å². The molecule has 0 unspecified atom stereocenters. The van der Waals surface area contributed by atoms with Crippen molar-refractivity contribution in [3.63, 3.8) is 0 Å². The monoisotopic (exact) mass is 876 g/mol. The summed E-state index contributed by atoms with van der Waals surface area (Å²) in [5.74, 6) is -5.58. The van der Waals surface area contributed by atoms with Crippen molar-refractivity contribution in [3.8, 4) is 0 Å². The third kappa shape index (κ3) is 8.89. The largest absolute Gasteiger partial charge is 0.481 e. The molecule has 0 radical (unpaired) electrons. The first-order valence-electron chi connectivity index (χ1n) is 23.4. The highest BCUT2D eigenvalue weighted by Gasteiger charge is 2.64. The van der Waals surface area contributed by atoms with Crippen molar-refractivity contribution in [3.05, 3.63) is 23.8 Å². The third-order valence-electron chi connectivity index (χ3n) is 15.7. The number of Topliss-reactive ketones (excluding diaryl/α,β-unsaturated/α-hetero) is 1. The number of hydrogen-bond donors (Lipinski definition) is 5. The number of fused-ring (bicyclic) bond motifs is 2. The molecular formula is C47H72O15. The predicted octanol–water partition coefficient (Wildman–Crippen LogP) is 4.77. The number of carboxylic acids is 1. The first kappa shape index (κ1) is 46.7. The number of carbonyl (C=O) groups is 2. The molecule has 8 saturated heterocycles. The lowest BCUT2D eigenvalue weighted by molar-refractivity contribution is -0.359. The summed E-state index contributed by atoms with van der Waals surface area (Å²) in [6.45, 7) is 13.9. The summed E-state index contributed by atoms with van der Waals surface area (Å²) in [7, 11) is 0. The van der Waals surface area contributed by atoms with Crippen LogP contribution >= 0.6 is 0 Å². The number of allylic oxidation sites excluding steroid dienone is 3. The topological polar surface area (TPSA) is 209 Å². The molecule has 1 spiro atoms. The number of hydrogen-bond acceptors (Lipinski definition) is 14. The summed E-state index contributed by atoms with van der Waals surface area (Å²) in [6.07, 6.45) is 6.29. The predicted molar refractivity (Wildman–Crippen MR) is 221 cm³/mol. The summed E-state index contributed by atoms with van der Waals surface area (Å²) in [6, 6.07) is 0. The van der Waals surface area contributed by atoms with Gasteiger partial charge in [0.2, 0.25) is 5.79 Å². The van der Waals surface area contributed by atoms with Crippen molar-refractivity contribution in [2.75, 3.05) is 6.61 Å². The Morgan fingerprint density at radius 2 is 1.68 bits per heavy atom. The highest BCUT2D eigenvalue weighted by atomic mass is 16.8.